The Morgan fingerprint density at radius 1 is 1.09 bits per heavy atom. The number of aromatic nitrogens is 4. The number of nitrogens with two attached hydrogens (primary N) is 1. The fourth-order valence-electron chi connectivity index (χ4n) is 8.28. The van der Waals surface area contributed by atoms with Gasteiger partial charge in [0.1, 0.15) is 17.9 Å². The summed E-state index contributed by atoms with van der Waals surface area (Å²) in [5.41, 5.74) is 10.6. The predicted octanol–water partition coefficient (Wildman–Crippen LogP) is 6.08. The number of benzene rings is 1. The Kier molecular flexibility index (Phi) is 6.50. The molecular weight excluding hydrogens is 569 g/mol. The van der Waals surface area contributed by atoms with Gasteiger partial charge >= 0.3 is 0 Å². The molecule has 4 aromatic rings. The van der Waals surface area contributed by atoms with Crippen LogP contribution in [0.5, 0.6) is 0 Å². The van der Waals surface area contributed by atoms with Crippen LogP contribution in [0.2, 0.25) is 5.02 Å². The summed E-state index contributed by atoms with van der Waals surface area (Å²) in [5, 5.41) is 24.7. The van der Waals surface area contributed by atoms with Gasteiger partial charge in [0, 0.05) is 42.2 Å². The molecule has 224 valence electrons. The molecule has 4 heterocycles. The maximum atomic E-state index is 14.0. The van der Waals surface area contributed by atoms with Gasteiger partial charge in [-0.1, -0.05) is 11.6 Å². The minimum atomic E-state index is -0.538. The minimum Gasteiger partial charge on any atom is -0.390 e. The van der Waals surface area contributed by atoms with Crippen molar-refractivity contribution in [3.63, 3.8) is 0 Å². The Balaban J connectivity index is 1.20. The maximum absolute atomic E-state index is 14.0. The first-order valence-electron chi connectivity index (χ1n) is 15.3. The number of ether oxygens (including phenoxy) is 1. The van der Waals surface area contributed by atoms with E-state index in [1.807, 2.05) is 27.8 Å². The molecule has 11 heteroatoms. The summed E-state index contributed by atoms with van der Waals surface area (Å²) >= 11 is 6.34. The van der Waals surface area contributed by atoms with E-state index in [1.165, 1.54) is 18.2 Å². The Bertz CT molecular complexity index is 1710. The molecule has 9 nitrogen and oxygen atoms in total. The average molecular weight is 604 g/mol. The third-order valence-electron chi connectivity index (χ3n) is 10.00. The first-order chi connectivity index (χ1) is 20.8. The van der Waals surface area contributed by atoms with Crippen molar-refractivity contribution in [2.45, 2.75) is 69.2 Å². The smallest absolute Gasteiger partial charge is 0.150 e. The standard InChI is InChI=1S/C32H35ClFN7O2/c33-25-5-4-23(34)10-26(25)38-31(35)24-15-37-40-16-21(22-14-36-41(17-22)28-3-1-2-6-43-28)9-27(40)30(24)39-29-19-7-18-8-20(29)13-32(42,11-18)12-19/h4-5,9-10,14-20,28-29,39,42H,1-3,6-8,11-13H2,(H2,35,38). The van der Waals surface area contributed by atoms with Crippen molar-refractivity contribution in [3.05, 3.63) is 65.5 Å². The van der Waals surface area contributed by atoms with Crippen molar-refractivity contribution >= 4 is 34.3 Å². The molecule has 5 aliphatic rings. The normalized spacial score (nSPS) is 30.3. The summed E-state index contributed by atoms with van der Waals surface area (Å²) < 4.78 is 23.7. The largest absolute Gasteiger partial charge is 0.390 e. The molecule has 4 N–H and O–H groups in total. The number of halogens is 2. The monoisotopic (exact) mass is 603 g/mol. The van der Waals surface area contributed by atoms with Gasteiger partial charge in [0.2, 0.25) is 0 Å². The lowest BCUT2D eigenvalue weighted by Crippen LogP contribution is -2.59. The highest BCUT2D eigenvalue weighted by Gasteiger charge is 2.54. The first kappa shape index (κ1) is 27.1. The Morgan fingerprint density at radius 3 is 2.70 bits per heavy atom. The SMILES string of the molecule is NC(=Nc1cc(F)ccc1Cl)c1cnn2cc(-c3cnn(C4CCCCO4)c3)cc2c1NC1C2CC3CC1CC(O)(C3)C2. The molecule has 4 bridgehead atoms. The number of aliphatic hydroxyl groups is 1. The van der Waals surface area contributed by atoms with Crippen molar-refractivity contribution in [1.29, 1.82) is 0 Å². The molecule has 1 saturated heterocycles. The van der Waals surface area contributed by atoms with Gasteiger partial charge in [-0.05, 0) is 87.3 Å². The number of aliphatic imine (C=N–C) groups is 1. The average Bonchev–Trinajstić information content (AvgIpc) is 3.64. The number of amidine groups is 1. The summed E-state index contributed by atoms with van der Waals surface area (Å²) in [7, 11) is 0. The van der Waals surface area contributed by atoms with Crippen LogP contribution in [0.1, 0.15) is 63.2 Å². The summed E-state index contributed by atoms with van der Waals surface area (Å²) in [6, 6.07) is 6.32. The predicted molar refractivity (Wildman–Crippen MR) is 163 cm³/mol. The fourth-order valence-corrected chi connectivity index (χ4v) is 8.44. The molecule has 4 aliphatic carbocycles. The van der Waals surface area contributed by atoms with E-state index in [9.17, 15) is 9.50 Å². The van der Waals surface area contributed by atoms with Gasteiger partial charge < -0.3 is 20.9 Å². The van der Waals surface area contributed by atoms with E-state index >= 15 is 0 Å². The van der Waals surface area contributed by atoms with Crippen LogP contribution in [0.3, 0.4) is 0 Å². The zero-order valence-corrected chi connectivity index (χ0v) is 24.6. The molecule has 0 radical (unpaired) electrons. The number of fused-ring (bicyclic) bond motifs is 1. The molecule has 43 heavy (non-hydrogen) atoms. The van der Waals surface area contributed by atoms with Crippen LogP contribution in [0.15, 0.2) is 54.0 Å². The van der Waals surface area contributed by atoms with Crippen molar-refractivity contribution in [1.82, 2.24) is 19.4 Å². The lowest BCUT2D eigenvalue weighted by molar-refractivity contribution is -0.129. The Hall–Kier alpha value is -3.47. The van der Waals surface area contributed by atoms with Crippen LogP contribution in [0.4, 0.5) is 15.8 Å². The molecular formula is C32H35ClFN7O2. The first-order valence-corrected chi connectivity index (χ1v) is 15.7. The lowest BCUT2D eigenvalue weighted by atomic mass is 9.52. The van der Waals surface area contributed by atoms with Crippen LogP contribution < -0.4 is 11.1 Å². The van der Waals surface area contributed by atoms with Crippen LogP contribution >= 0.6 is 11.6 Å². The lowest BCUT2D eigenvalue weighted by Gasteiger charge is -2.58. The van der Waals surface area contributed by atoms with Gasteiger partial charge in [0.25, 0.3) is 0 Å². The molecule has 0 spiro atoms. The second-order valence-electron chi connectivity index (χ2n) is 13.0. The summed E-state index contributed by atoms with van der Waals surface area (Å²) in [6.07, 6.45) is 15.5. The molecule has 1 aliphatic heterocycles. The number of nitrogens with one attached hydrogen (secondary N) is 1. The van der Waals surface area contributed by atoms with E-state index in [0.29, 0.717) is 28.3 Å². The maximum Gasteiger partial charge on any atom is 0.150 e. The molecule has 3 aromatic heterocycles. The summed E-state index contributed by atoms with van der Waals surface area (Å²) in [6.45, 7) is 0.753. The molecule has 4 saturated carbocycles. The van der Waals surface area contributed by atoms with Gasteiger partial charge in [-0.15, -0.1) is 0 Å². The minimum absolute atomic E-state index is 0.0427. The highest BCUT2D eigenvalue weighted by Crippen LogP contribution is 2.56. The summed E-state index contributed by atoms with van der Waals surface area (Å²) in [4.78, 5) is 4.54. The molecule has 1 aromatic carbocycles. The molecule has 3 atom stereocenters. The second kappa shape index (κ2) is 10.3. The van der Waals surface area contributed by atoms with E-state index in [2.05, 4.69) is 21.5 Å². The van der Waals surface area contributed by atoms with Crippen molar-refractivity contribution in [3.8, 4) is 11.1 Å². The molecule has 9 rings (SSSR count). The van der Waals surface area contributed by atoms with Crippen LogP contribution in [0.25, 0.3) is 16.6 Å². The van der Waals surface area contributed by atoms with Gasteiger partial charge in [-0.25, -0.2) is 18.6 Å². The highest BCUT2D eigenvalue weighted by atomic mass is 35.5. The third kappa shape index (κ3) is 4.89. The topological polar surface area (TPSA) is 115 Å². The Morgan fingerprint density at radius 2 is 1.93 bits per heavy atom. The molecule has 5 fully saturated rings. The molecule has 3 unspecified atom stereocenters. The summed E-state index contributed by atoms with van der Waals surface area (Å²) in [5.74, 6) is 1.08. The third-order valence-corrected chi connectivity index (χ3v) is 10.3. The van der Waals surface area contributed by atoms with Crippen molar-refractivity contribution < 1.29 is 14.2 Å². The number of hydrogen-bond acceptors (Lipinski definition) is 6. The van der Waals surface area contributed by atoms with E-state index in [0.717, 1.165) is 80.3 Å². The van der Waals surface area contributed by atoms with Gasteiger partial charge in [0.15, 0.2) is 0 Å². The van der Waals surface area contributed by atoms with Crippen LogP contribution in [-0.4, -0.2) is 48.6 Å². The van der Waals surface area contributed by atoms with Crippen molar-refractivity contribution in [2.24, 2.45) is 28.5 Å². The second-order valence-corrected chi connectivity index (χ2v) is 13.4. The van der Waals surface area contributed by atoms with Gasteiger partial charge in [0.05, 0.1) is 45.5 Å². The zero-order chi connectivity index (χ0) is 29.3. The molecule has 0 amide bonds. The Labute approximate surface area is 253 Å². The number of hydrogen-bond donors (Lipinski definition) is 3. The quantitative estimate of drug-likeness (QED) is 0.182. The highest BCUT2D eigenvalue weighted by molar-refractivity contribution is 6.33. The number of rotatable bonds is 6. The van der Waals surface area contributed by atoms with Crippen LogP contribution in [-0.2, 0) is 4.74 Å². The van der Waals surface area contributed by atoms with Gasteiger partial charge in [-0.2, -0.15) is 10.2 Å². The van der Waals surface area contributed by atoms with E-state index in [1.54, 1.807) is 6.20 Å². The fraction of sp³-hybridized carbons (Fsp3) is 0.469. The van der Waals surface area contributed by atoms with E-state index in [-0.39, 0.29) is 23.8 Å². The number of nitrogens with zero attached hydrogens (tertiary/aromatic N) is 5. The van der Waals surface area contributed by atoms with Crippen LogP contribution in [0, 0.1) is 23.6 Å². The number of anilines is 1. The van der Waals surface area contributed by atoms with Gasteiger partial charge in [-0.3, -0.25) is 0 Å². The zero-order valence-electron chi connectivity index (χ0n) is 23.8. The van der Waals surface area contributed by atoms with E-state index in [4.69, 9.17) is 27.2 Å². The van der Waals surface area contributed by atoms with Crippen molar-refractivity contribution in [2.75, 3.05) is 11.9 Å². The van der Waals surface area contributed by atoms with E-state index < -0.39 is 11.4 Å².